The molecule has 1 aliphatic heterocycles. The van der Waals surface area contributed by atoms with Gasteiger partial charge in [-0.3, -0.25) is 0 Å². The maximum Gasteiger partial charge on any atom is 0.215 e. The van der Waals surface area contributed by atoms with Gasteiger partial charge < -0.3 is 27.9 Å². The first-order valence-electron chi connectivity index (χ1n) is 15.3. The molecule has 9 nitrogen and oxygen atoms in total. The van der Waals surface area contributed by atoms with Gasteiger partial charge in [0.25, 0.3) is 0 Å². The number of halogens is 2. The van der Waals surface area contributed by atoms with Crippen molar-refractivity contribution in [3.8, 4) is 11.3 Å². The molecule has 3 heterocycles. The number of nitrogens with one attached hydrogen (secondary N) is 1. The number of imidazole rings is 1. The van der Waals surface area contributed by atoms with Gasteiger partial charge in [0, 0.05) is 44.1 Å². The summed E-state index contributed by atoms with van der Waals surface area (Å²) < 4.78 is 55.1. The van der Waals surface area contributed by atoms with Crippen LogP contribution >= 0.6 is 11.6 Å². The van der Waals surface area contributed by atoms with Crippen LogP contribution in [0.4, 0.5) is 4.39 Å². The van der Waals surface area contributed by atoms with Crippen molar-refractivity contribution in [2.75, 3.05) is 19.8 Å². The highest BCUT2D eigenvalue weighted by Crippen LogP contribution is 2.37. The van der Waals surface area contributed by atoms with E-state index in [2.05, 4.69) is 29.5 Å². The van der Waals surface area contributed by atoms with E-state index in [1.54, 1.807) is 18.2 Å². The molecule has 2 atom stereocenters. The summed E-state index contributed by atoms with van der Waals surface area (Å²) in [6.07, 6.45) is 5.35. The Morgan fingerprint density at radius 3 is 2.45 bits per heavy atom. The van der Waals surface area contributed by atoms with Crippen molar-refractivity contribution in [2.45, 2.75) is 102 Å². The topological polar surface area (TPSA) is 107 Å². The van der Waals surface area contributed by atoms with Gasteiger partial charge in [-0.2, -0.15) is 0 Å². The lowest BCUT2D eigenvalue weighted by atomic mass is 10.0. The molecule has 0 spiro atoms. The molecule has 44 heavy (non-hydrogen) atoms. The summed E-state index contributed by atoms with van der Waals surface area (Å²) in [7, 11) is -1.31. The molecule has 0 radical (unpaired) electrons. The van der Waals surface area contributed by atoms with E-state index in [1.165, 1.54) is 18.4 Å². The van der Waals surface area contributed by atoms with Crippen LogP contribution in [0.5, 0.6) is 0 Å². The quantitative estimate of drug-likeness (QED) is 0.0946. The van der Waals surface area contributed by atoms with Crippen molar-refractivity contribution in [2.24, 2.45) is 0 Å². The van der Waals surface area contributed by atoms with Crippen molar-refractivity contribution in [1.29, 1.82) is 0 Å². The molecule has 0 aliphatic carbocycles. The van der Waals surface area contributed by atoms with E-state index in [-0.39, 0.29) is 18.6 Å². The highest BCUT2D eigenvalue weighted by Gasteiger charge is 2.40. The van der Waals surface area contributed by atoms with Crippen LogP contribution in [0.3, 0.4) is 0 Å². The lowest BCUT2D eigenvalue weighted by Crippen LogP contribution is -2.42. The predicted octanol–water partition coefficient (Wildman–Crippen LogP) is 7.59. The second-order valence-electron chi connectivity index (χ2n) is 13.4. The molecule has 0 unspecified atom stereocenters. The zero-order chi connectivity index (χ0) is 32.0. The van der Waals surface area contributed by atoms with Crippen molar-refractivity contribution < 1.29 is 27.7 Å². The summed E-state index contributed by atoms with van der Waals surface area (Å²) >= 11 is 5.42. The molecule has 1 aromatic carbocycles. The number of benzene rings is 1. The lowest BCUT2D eigenvalue weighted by Gasteiger charge is -2.28. The van der Waals surface area contributed by atoms with E-state index in [0.29, 0.717) is 55.0 Å². The van der Waals surface area contributed by atoms with E-state index in [0.717, 1.165) is 30.9 Å². The van der Waals surface area contributed by atoms with Gasteiger partial charge in [0.05, 0.1) is 18.9 Å². The molecule has 13 heteroatoms. The number of hydrogen-bond donors (Lipinski definition) is 1. The number of nitrogens with zero attached hydrogens (tertiary/aromatic N) is 3. The summed E-state index contributed by atoms with van der Waals surface area (Å²) in [5.41, 5.74) is 2.02. The Balaban J connectivity index is 1.55. The molecule has 244 valence electrons. The second kappa shape index (κ2) is 15.2. The molecule has 2 aromatic heterocycles. The third-order valence-electron chi connectivity index (χ3n) is 7.49. The molecule has 4 rings (SSSR count). The smallest absolute Gasteiger partial charge is 0.215 e. The number of aromatic nitrogens is 3. The van der Waals surface area contributed by atoms with E-state index in [1.807, 2.05) is 25.3 Å². The monoisotopic (exact) mass is 668 g/mol. The third-order valence-corrected chi connectivity index (χ3v) is 11.1. The van der Waals surface area contributed by atoms with E-state index >= 15 is 0 Å². The summed E-state index contributed by atoms with van der Waals surface area (Å²) in [6.45, 7) is 14.6. The van der Waals surface area contributed by atoms with Crippen LogP contribution < -0.4 is 4.72 Å². The van der Waals surface area contributed by atoms with Gasteiger partial charge in [0.15, 0.2) is 5.15 Å². The highest BCUT2D eigenvalue weighted by atomic mass is 35.5. The van der Waals surface area contributed by atoms with Crippen LogP contribution in [-0.2, 0) is 38.1 Å². The fraction of sp³-hybridized carbons (Fsp3) is 0.613. The zero-order valence-electron chi connectivity index (χ0n) is 26.7. The minimum absolute atomic E-state index is 0.224. The molecule has 3 aromatic rings. The van der Waals surface area contributed by atoms with E-state index in [4.69, 9.17) is 35.3 Å². The summed E-state index contributed by atoms with van der Waals surface area (Å²) in [6, 6.07) is 8.61. The minimum atomic E-state index is -1.37. The van der Waals surface area contributed by atoms with Crippen molar-refractivity contribution in [3.63, 3.8) is 0 Å². The average Bonchev–Trinajstić information content (AvgIpc) is 3.71. The Morgan fingerprint density at radius 1 is 1.14 bits per heavy atom. The van der Waals surface area contributed by atoms with Gasteiger partial charge in [0.2, 0.25) is 5.79 Å². The highest BCUT2D eigenvalue weighted by molar-refractivity contribution is 7.90. The Bertz CT molecular complexity index is 1310. The normalized spacial score (nSPS) is 16.8. The SMILES string of the molecule is CC(C)(C)[S@@+]([O-])N[C@@H](CCCCCC1(c2ccon2)OCCO1)c1nc(Cl)c(-c2ccc(F)cc2)n1COCC[Si](C)(C)C. The first kappa shape index (κ1) is 35.1. The fourth-order valence-electron chi connectivity index (χ4n) is 4.97. The molecular formula is C31H46ClFN4O5SSi. The largest absolute Gasteiger partial charge is 0.598 e. The van der Waals surface area contributed by atoms with Crippen LogP contribution in [0, 0.1) is 5.82 Å². The minimum Gasteiger partial charge on any atom is -0.598 e. The van der Waals surface area contributed by atoms with Crippen LogP contribution in [-0.4, -0.2) is 51.9 Å². The Labute approximate surface area is 269 Å². The van der Waals surface area contributed by atoms with Gasteiger partial charge in [0.1, 0.15) is 41.1 Å². The average molecular weight is 669 g/mol. The summed E-state index contributed by atoms with van der Waals surface area (Å²) in [5, 5.41) is 4.35. The summed E-state index contributed by atoms with van der Waals surface area (Å²) in [4.78, 5) is 4.79. The Kier molecular flexibility index (Phi) is 12.1. The fourth-order valence-corrected chi connectivity index (χ4v) is 6.86. The van der Waals surface area contributed by atoms with Gasteiger partial charge in [-0.05, 0) is 63.9 Å². The first-order chi connectivity index (χ1) is 20.8. The molecule has 0 saturated carbocycles. The number of hydrogen-bond acceptors (Lipinski definition) is 8. The van der Waals surface area contributed by atoms with Crippen molar-refractivity contribution >= 4 is 31.0 Å². The second-order valence-corrected chi connectivity index (χ2v) is 21.4. The van der Waals surface area contributed by atoms with Crippen LogP contribution in [0.25, 0.3) is 11.3 Å². The molecule has 0 amide bonds. The molecular weight excluding hydrogens is 623 g/mol. The summed E-state index contributed by atoms with van der Waals surface area (Å²) in [5.74, 6) is -0.567. The maximum absolute atomic E-state index is 13.8. The third kappa shape index (κ3) is 9.38. The van der Waals surface area contributed by atoms with Gasteiger partial charge in [-0.15, -0.1) is 4.72 Å². The molecule has 1 fully saturated rings. The molecule has 1 saturated heterocycles. The van der Waals surface area contributed by atoms with Crippen LogP contribution in [0.1, 0.15) is 70.4 Å². The van der Waals surface area contributed by atoms with Gasteiger partial charge >= 0.3 is 0 Å². The molecule has 0 bridgehead atoms. The van der Waals surface area contributed by atoms with Crippen molar-refractivity contribution in [1.82, 2.24) is 19.4 Å². The van der Waals surface area contributed by atoms with Crippen LogP contribution in [0.2, 0.25) is 30.8 Å². The molecule has 1 aliphatic rings. The van der Waals surface area contributed by atoms with Crippen molar-refractivity contribution in [3.05, 3.63) is 59.1 Å². The maximum atomic E-state index is 13.8. The lowest BCUT2D eigenvalue weighted by molar-refractivity contribution is -0.175. The Morgan fingerprint density at radius 2 is 1.84 bits per heavy atom. The predicted molar refractivity (Wildman–Crippen MR) is 174 cm³/mol. The first-order valence-corrected chi connectivity index (χ1v) is 20.5. The van der Waals surface area contributed by atoms with Gasteiger partial charge in [-0.25, -0.2) is 9.37 Å². The number of unbranched alkanes of at least 4 members (excludes halogenated alkanes) is 2. The van der Waals surface area contributed by atoms with Crippen LogP contribution in [0.15, 0.2) is 41.1 Å². The Hall–Kier alpha value is -1.77. The standard InChI is InChI=1S/C31H46ClFN4O5SSi/c1-30(2,3)43(38)36-25(10-8-7-9-16-31(40-18-19-41-31)26-15-17-42-35-26)29-34-28(32)27(23-11-13-24(33)14-12-23)37(29)22-39-20-21-44(4,5)6/h11-15,17,25,36H,7-10,16,18-22H2,1-6H3/t25-,43+/m0/s1. The van der Waals surface area contributed by atoms with E-state index in [9.17, 15) is 8.94 Å². The zero-order valence-corrected chi connectivity index (χ0v) is 29.2. The number of rotatable bonds is 16. The number of ether oxygens (including phenoxy) is 3. The van der Waals surface area contributed by atoms with Gasteiger partial charge in [-0.1, -0.05) is 49.2 Å². The van der Waals surface area contributed by atoms with E-state index < -0.39 is 30.0 Å². The molecule has 1 N–H and O–H groups in total.